The van der Waals surface area contributed by atoms with Crippen LogP contribution >= 0.6 is 0 Å². The van der Waals surface area contributed by atoms with Crippen LogP contribution in [0.4, 0.5) is 0 Å². The molecule has 3 N–H and O–H groups in total. The summed E-state index contributed by atoms with van der Waals surface area (Å²) in [5.74, 6) is 1.87. The van der Waals surface area contributed by atoms with E-state index in [2.05, 4.69) is 5.32 Å². The lowest BCUT2D eigenvalue weighted by atomic mass is 9.82. The molecule has 0 aromatic heterocycles. The predicted octanol–water partition coefficient (Wildman–Crippen LogP) is 3.45. The zero-order chi connectivity index (χ0) is 12.6. The van der Waals surface area contributed by atoms with Gasteiger partial charge in [-0.15, -0.1) is 0 Å². The normalized spacial score (nSPS) is 25.2. The highest BCUT2D eigenvalue weighted by Crippen LogP contribution is 2.29. The Morgan fingerprint density at radius 3 is 2.11 bits per heavy atom. The van der Waals surface area contributed by atoms with Gasteiger partial charge in [0.25, 0.3) is 0 Å². The van der Waals surface area contributed by atoms with E-state index in [9.17, 15) is 0 Å². The van der Waals surface area contributed by atoms with Crippen molar-refractivity contribution in [2.45, 2.75) is 76.7 Å². The van der Waals surface area contributed by atoms with Crippen molar-refractivity contribution in [1.82, 2.24) is 5.32 Å². The molecule has 2 fully saturated rings. The second kappa shape index (κ2) is 8.16. The van der Waals surface area contributed by atoms with Crippen molar-refractivity contribution in [1.29, 1.82) is 0 Å². The molecule has 0 amide bonds. The smallest absolute Gasteiger partial charge is 0.0218 e. The molecule has 1 atom stereocenters. The summed E-state index contributed by atoms with van der Waals surface area (Å²) in [4.78, 5) is 0. The lowest BCUT2D eigenvalue weighted by Gasteiger charge is -2.31. The molecule has 2 heteroatoms. The first kappa shape index (κ1) is 14.3. The molecule has 2 nitrogen and oxygen atoms in total. The Morgan fingerprint density at radius 1 is 0.889 bits per heavy atom. The molecular weight excluding hydrogens is 220 g/mol. The number of nitrogens with one attached hydrogen (secondary N) is 1. The first-order valence-corrected chi connectivity index (χ1v) is 8.33. The lowest BCUT2D eigenvalue weighted by Crippen LogP contribution is -2.43. The van der Waals surface area contributed by atoms with Crippen molar-refractivity contribution in [2.75, 3.05) is 13.1 Å². The Morgan fingerprint density at radius 2 is 1.56 bits per heavy atom. The fourth-order valence-electron chi connectivity index (χ4n) is 3.59. The minimum Gasteiger partial charge on any atom is -0.329 e. The quantitative estimate of drug-likeness (QED) is 0.760. The van der Waals surface area contributed by atoms with Crippen molar-refractivity contribution in [3.05, 3.63) is 0 Å². The molecule has 0 aromatic carbocycles. The molecule has 106 valence electrons. The highest BCUT2D eigenvalue weighted by molar-refractivity contribution is 4.80. The summed E-state index contributed by atoms with van der Waals surface area (Å²) in [5.41, 5.74) is 5.99. The largest absolute Gasteiger partial charge is 0.329 e. The van der Waals surface area contributed by atoms with Gasteiger partial charge in [-0.2, -0.15) is 0 Å². The van der Waals surface area contributed by atoms with Gasteiger partial charge in [-0.25, -0.2) is 0 Å². The van der Waals surface area contributed by atoms with E-state index in [4.69, 9.17) is 5.73 Å². The van der Waals surface area contributed by atoms with Crippen LogP contribution in [0.1, 0.15) is 70.6 Å². The zero-order valence-corrected chi connectivity index (χ0v) is 12.0. The van der Waals surface area contributed by atoms with Crippen molar-refractivity contribution >= 4 is 0 Å². The molecule has 1 unspecified atom stereocenters. The molecule has 2 aliphatic carbocycles. The third-order valence-electron chi connectivity index (χ3n) is 5.16. The molecule has 2 rings (SSSR count). The number of hydrogen-bond donors (Lipinski definition) is 2. The van der Waals surface area contributed by atoms with Gasteiger partial charge in [-0.1, -0.05) is 51.4 Å². The Hall–Kier alpha value is -0.0800. The SMILES string of the molecule is NCC(NCCC1CCC1)C1CCCCCCC1. The molecule has 0 heterocycles. The minimum absolute atomic E-state index is 0.586. The second-order valence-electron chi connectivity index (χ2n) is 6.49. The molecule has 18 heavy (non-hydrogen) atoms. The maximum atomic E-state index is 5.99. The van der Waals surface area contributed by atoms with Crippen LogP contribution in [-0.4, -0.2) is 19.1 Å². The van der Waals surface area contributed by atoms with Crippen LogP contribution in [0.3, 0.4) is 0 Å². The molecular formula is C16H32N2. The molecule has 0 radical (unpaired) electrons. The Bertz CT molecular complexity index is 205. The van der Waals surface area contributed by atoms with Crippen LogP contribution in [0.15, 0.2) is 0 Å². The van der Waals surface area contributed by atoms with Gasteiger partial charge in [-0.05, 0) is 37.6 Å². The number of nitrogens with two attached hydrogens (primary N) is 1. The third kappa shape index (κ3) is 4.55. The third-order valence-corrected chi connectivity index (χ3v) is 5.16. The van der Waals surface area contributed by atoms with Crippen LogP contribution in [-0.2, 0) is 0 Å². The molecule has 2 saturated carbocycles. The molecule has 0 saturated heterocycles. The van der Waals surface area contributed by atoms with Gasteiger partial charge < -0.3 is 11.1 Å². The van der Waals surface area contributed by atoms with Gasteiger partial charge in [0.2, 0.25) is 0 Å². The summed E-state index contributed by atoms with van der Waals surface area (Å²) in [6, 6.07) is 0.586. The summed E-state index contributed by atoms with van der Waals surface area (Å²) in [5, 5.41) is 3.76. The van der Waals surface area contributed by atoms with Gasteiger partial charge in [0.05, 0.1) is 0 Å². The highest BCUT2D eigenvalue weighted by Gasteiger charge is 2.22. The van der Waals surface area contributed by atoms with Crippen LogP contribution in [0.25, 0.3) is 0 Å². The van der Waals surface area contributed by atoms with E-state index in [1.165, 1.54) is 77.2 Å². The molecule has 0 aromatic rings. The first-order valence-electron chi connectivity index (χ1n) is 8.33. The van der Waals surface area contributed by atoms with Crippen LogP contribution < -0.4 is 11.1 Å². The van der Waals surface area contributed by atoms with E-state index in [-0.39, 0.29) is 0 Å². The second-order valence-corrected chi connectivity index (χ2v) is 6.49. The lowest BCUT2D eigenvalue weighted by molar-refractivity contribution is 0.258. The van der Waals surface area contributed by atoms with E-state index < -0.39 is 0 Å². The number of rotatable bonds is 6. The summed E-state index contributed by atoms with van der Waals surface area (Å²) in [7, 11) is 0. The summed E-state index contributed by atoms with van der Waals surface area (Å²) in [6.45, 7) is 2.03. The average Bonchev–Trinajstić information content (AvgIpc) is 2.28. The van der Waals surface area contributed by atoms with Crippen molar-refractivity contribution in [3.8, 4) is 0 Å². The highest BCUT2D eigenvalue weighted by atomic mass is 14.9. The number of hydrogen-bond acceptors (Lipinski definition) is 2. The van der Waals surface area contributed by atoms with Gasteiger partial charge in [0.1, 0.15) is 0 Å². The van der Waals surface area contributed by atoms with Gasteiger partial charge in [0, 0.05) is 12.6 Å². The van der Waals surface area contributed by atoms with Crippen LogP contribution in [0.2, 0.25) is 0 Å². The first-order chi connectivity index (χ1) is 8.90. The average molecular weight is 252 g/mol. The Balaban J connectivity index is 1.67. The van der Waals surface area contributed by atoms with E-state index in [1.807, 2.05) is 0 Å². The van der Waals surface area contributed by atoms with Crippen LogP contribution in [0.5, 0.6) is 0 Å². The Kier molecular flexibility index (Phi) is 6.50. The Labute approximate surface area is 113 Å². The molecule has 0 aliphatic heterocycles. The maximum Gasteiger partial charge on any atom is 0.0218 e. The minimum atomic E-state index is 0.586. The summed E-state index contributed by atoms with van der Waals surface area (Å²) < 4.78 is 0. The summed E-state index contributed by atoms with van der Waals surface area (Å²) in [6.07, 6.45) is 15.8. The van der Waals surface area contributed by atoms with Gasteiger partial charge in [-0.3, -0.25) is 0 Å². The van der Waals surface area contributed by atoms with Crippen LogP contribution in [0, 0.1) is 11.8 Å². The summed E-state index contributed by atoms with van der Waals surface area (Å²) >= 11 is 0. The monoisotopic (exact) mass is 252 g/mol. The zero-order valence-electron chi connectivity index (χ0n) is 12.0. The molecule has 0 spiro atoms. The van der Waals surface area contributed by atoms with Crippen molar-refractivity contribution in [3.63, 3.8) is 0 Å². The van der Waals surface area contributed by atoms with E-state index in [1.54, 1.807) is 0 Å². The standard InChI is InChI=1S/C16H32N2/c17-13-16(18-12-11-14-7-6-8-14)15-9-4-2-1-3-5-10-15/h14-16,18H,1-13,17H2. The van der Waals surface area contributed by atoms with Gasteiger partial charge >= 0.3 is 0 Å². The van der Waals surface area contributed by atoms with E-state index >= 15 is 0 Å². The molecule has 2 aliphatic rings. The van der Waals surface area contributed by atoms with E-state index in [0.717, 1.165) is 18.4 Å². The van der Waals surface area contributed by atoms with E-state index in [0.29, 0.717) is 6.04 Å². The predicted molar refractivity (Wildman–Crippen MR) is 78.6 cm³/mol. The maximum absolute atomic E-state index is 5.99. The fraction of sp³-hybridized carbons (Fsp3) is 1.00. The topological polar surface area (TPSA) is 38.0 Å². The van der Waals surface area contributed by atoms with Gasteiger partial charge in [0.15, 0.2) is 0 Å². The van der Waals surface area contributed by atoms with Crippen molar-refractivity contribution in [2.24, 2.45) is 17.6 Å². The molecule has 0 bridgehead atoms. The van der Waals surface area contributed by atoms with Crippen molar-refractivity contribution < 1.29 is 0 Å². The fourth-order valence-corrected chi connectivity index (χ4v) is 3.59.